The summed E-state index contributed by atoms with van der Waals surface area (Å²) in [4.78, 5) is 8.15. The van der Waals surface area contributed by atoms with Crippen LogP contribution in [0.5, 0.6) is 5.75 Å². The summed E-state index contributed by atoms with van der Waals surface area (Å²) in [6.07, 6.45) is 5.82. The minimum atomic E-state index is 0.157. The molecule has 4 N–H and O–H groups in total. The van der Waals surface area contributed by atoms with Crippen LogP contribution in [0, 0.1) is 0 Å². The third kappa shape index (κ3) is 2.92. The maximum atomic E-state index is 6.01. The lowest BCUT2D eigenvalue weighted by molar-refractivity contribution is 0.351. The number of ether oxygens (including phenoxy) is 1. The van der Waals surface area contributed by atoms with E-state index in [-0.39, 0.29) is 5.95 Å². The van der Waals surface area contributed by atoms with Crippen LogP contribution in [0.2, 0.25) is 0 Å². The summed E-state index contributed by atoms with van der Waals surface area (Å²) in [7, 11) is 0. The van der Waals surface area contributed by atoms with E-state index >= 15 is 0 Å². The minimum Gasteiger partial charge on any atom is -0.488 e. The van der Waals surface area contributed by atoms with Crippen LogP contribution in [0.1, 0.15) is 12.8 Å². The lowest BCUT2D eigenvalue weighted by atomic mass is 10.1. The van der Waals surface area contributed by atoms with Crippen molar-refractivity contribution in [2.75, 3.05) is 18.1 Å². The van der Waals surface area contributed by atoms with Gasteiger partial charge in [0.05, 0.1) is 10.9 Å². The highest BCUT2D eigenvalue weighted by Crippen LogP contribution is 2.30. The van der Waals surface area contributed by atoms with E-state index < -0.39 is 0 Å². The van der Waals surface area contributed by atoms with Gasteiger partial charge in [-0.15, -0.1) is 0 Å². The first-order chi connectivity index (χ1) is 10.1. The molecule has 0 radical (unpaired) electrons. The van der Waals surface area contributed by atoms with E-state index in [1.54, 1.807) is 0 Å². The Morgan fingerprint density at radius 3 is 2.90 bits per heavy atom. The number of fused-ring (bicyclic) bond motifs is 1. The second-order valence-electron chi connectivity index (χ2n) is 4.84. The number of rotatable bonds is 3. The number of nitrogen functional groups attached to an aromatic ring is 2. The van der Waals surface area contributed by atoms with Crippen molar-refractivity contribution in [3.05, 3.63) is 41.0 Å². The third-order valence-corrected chi connectivity index (χ3v) is 3.55. The molecule has 1 heterocycles. The molecule has 5 nitrogen and oxygen atoms in total. The molecular formula is C15H15ClN4O. The Bertz CT molecular complexity index is 755. The van der Waals surface area contributed by atoms with E-state index in [2.05, 4.69) is 9.97 Å². The molecule has 1 aliphatic rings. The van der Waals surface area contributed by atoms with Crippen LogP contribution >= 0.6 is 11.6 Å². The number of halogens is 1. The standard InChI is InChI=1S/C15H15ClN4O/c16-10-4-1-3-9(7-10)8-21-12-6-2-5-11-13(12)14(17)20-15(18)19-11/h2,4-7H,1,3,8H2,(H4,17,18,19,20). The molecule has 0 fully saturated rings. The fraction of sp³-hybridized carbons (Fsp3) is 0.200. The number of hydrogen-bond acceptors (Lipinski definition) is 5. The van der Waals surface area contributed by atoms with Crippen molar-refractivity contribution in [1.29, 1.82) is 0 Å². The summed E-state index contributed by atoms with van der Waals surface area (Å²) in [5.74, 6) is 1.13. The van der Waals surface area contributed by atoms with Crippen LogP contribution < -0.4 is 16.2 Å². The van der Waals surface area contributed by atoms with Crippen molar-refractivity contribution in [2.24, 2.45) is 0 Å². The zero-order chi connectivity index (χ0) is 14.8. The average Bonchev–Trinajstić information content (AvgIpc) is 2.44. The predicted octanol–water partition coefficient (Wildman–Crippen LogP) is 3.02. The fourth-order valence-electron chi connectivity index (χ4n) is 2.32. The van der Waals surface area contributed by atoms with Crippen molar-refractivity contribution in [3.63, 3.8) is 0 Å². The molecule has 108 valence electrons. The Balaban J connectivity index is 1.89. The average molecular weight is 303 g/mol. The van der Waals surface area contributed by atoms with Gasteiger partial charge < -0.3 is 16.2 Å². The maximum Gasteiger partial charge on any atom is 0.222 e. The zero-order valence-electron chi connectivity index (χ0n) is 11.3. The van der Waals surface area contributed by atoms with Gasteiger partial charge in [0.25, 0.3) is 0 Å². The molecule has 0 amide bonds. The fourth-order valence-corrected chi connectivity index (χ4v) is 2.59. The van der Waals surface area contributed by atoms with Gasteiger partial charge in [0, 0.05) is 5.03 Å². The first kappa shape index (κ1) is 13.7. The van der Waals surface area contributed by atoms with Crippen molar-refractivity contribution in [2.45, 2.75) is 12.8 Å². The lowest BCUT2D eigenvalue weighted by Crippen LogP contribution is -2.06. The highest BCUT2D eigenvalue weighted by molar-refractivity contribution is 6.31. The number of nitrogens with zero attached hydrogens (tertiary/aromatic N) is 2. The Kier molecular flexibility index (Phi) is 3.66. The molecule has 1 aromatic carbocycles. The normalized spacial score (nSPS) is 14.7. The third-order valence-electron chi connectivity index (χ3n) is 3.29. The number of nitrogens with two attached hydrogens (primary N) is 2. The largest absolute Gasteiger partial charge is 0.488 e. The van der Waals surface area contributed by atoms with Gasteiger partial charge in [0.15, 0.2) is 0 Å². The summed E-state index contributed by atoms with van der Waals surface area (Å²) in [6, 6.07) is 5.53. The van der Waals surface area contributed by atoms with Crippen molar-refractivity contribution in [1.82, 2.24) is 9.97 Å². The van der Waals surface area contributed by atoms with Crippen molar-refractivity contribution >= 4 is 34.3 Å². The molecule has 21 heavy (non-hydrogen) atoms. The number of allylic oxidation sites excluding steroid dienone is 3. The minimum absolute atomic E-state index is 0.157. The molecule has 0 saturated heterocycles. The van der Waals surface area contributed by atoms with E-state index in [1.165, 1.54) is 0 Å². The van der Waals surface area contributed by atoms with E-state index in [0.29, 0.717) is 29.1 Å². The SMILES string of the molecule is Nc1nc(N)c2c(OCC3=CC(Cl)=CCC3)cccc2n1. The van der Waals surface area contributed by atoms with Gasteiger partial charge in [-0.2, -0.15) is 4.98 Å². The van der Waals surface area contributed by atoms with Crippen LogP contribution in [0.15, 0.2) is 41.0 Å². The molecule has 6 heteroatoms. The Hall–Kier alpha value is -2.27. The van der Waals surface area contributed by atoms with Crippen LogP contribution in [-0.2, 0) is 0 Å². The van der Waals surface area contributed by atoms with Gasteiger partial charge in [0.1, 0.15) is 18.2 Å². The Morgan fingerprint density at radius 1 is 1.24 bits per heavy atom. The van der Waals surface area contributed by atoms with Gasteiger partial charge in [-0.1, -0.05) is 23.7 Å². The molecule has 0 spiro atoms. The highest BCUT2D eigenvalue weighted by Gasteiger charge is 2.11. The molecule has 0 atom stereocenters. The Morgan fingerprint density at radius 2 is 2.10 bits per heavy atom. The van der Waals surface area contributed by atoms with Crippen LogP contribution in [0.25, 0.3) is 10.9 Å². The van der Waals surface area contributed by atoms with Gasteiger partial charge in [-0.25, -0.2) is 4.98 Å². The summed E-state index contributed by atoms with van der Waals surface area (Å²) < 4.78 is 5.87. The molecule has 0 unspecified atom stereocenters. The Labute approximate surface area is 127 Å². The quantitative estimate of drug-likeness (QED) is 0.910. The monoisotopic (exact) mass is 302 g/mol. The second-order valence-corrected chi connectivity index (χ2v) is 5.27. The molecule has 1 aliphatic carbocycles. The number of hydrogen-bond donors (Lipinski definition) is 2. The van der Waals surface area contributed by atoms with Crippen LogP contribution in [0.3, 0.4) is 0 Å². The number of aromatic nitrogens is 2. The molecular weight excluding hydrogens is 288 g/mol. The van der Waals surface area contributed by atoms with Gasteiger partial charge in [-0.05, 0) is 36.6 Å². The summed E-state index contributed by atoms with van der Waals surface area (Å²) in [5.41, 5.74) is 13.4. The van der Waals surface area contributed by atoms with Crippen LogP contribution in [-0.4, -0.2) is 16.6 Å². The summed E-state index contributed by atoms with van der Waals surface area (Å²) in [5, 5.41) is 1.44. The van der Waals surface area contributed by atoms with Gasteiger partial charge in [0.2, 0.25) is 5.95 Å². The van der Waals surface area contributed by atoms with Gasteiger partial charge in [-0.3, -0.25) is 0 Å². The number of benzene rings is 1. The number of anilines is 2. The van der Waals surface area contributed by atoms with Crippen molar-refractivity contribution in [3.8, 4) is 5.75 Å². The predicted molar refractivity (Wildman–Crippen MR) is 85.1 cm³/mol. The van der Waals surface area contributed by atoms with E-state index in [1.807, 2.05) is 30.4 Å². The van der Waals surface area contributed by atoms with E-state index in [0.717, 1.165) is 23.4 Å². The molecule has 3 rings (SSSR count). The van der Waals surface area contributed by atoms with Gasteiger partial charge >= 0.3 is 0 Å². The molecule has 0 aliphatic heterocycles. The molecule has 0 bridgehead atoms. The van der Waals surface area contributed by atoms with Crippen molar-refractivity contribution < 1.29 is 4.74 Å². The smallest absolute Gasteiger partial charge is 0.222 e. The topological polar surface area (TPSA) is 87.0 Å². The van der Waals surface area contributed by atoms with E-state index in [9.17, 15) is 0 Å². The molecule has 0 saturated carbocycles. The summed E-state index contributed by atoms with van der Waals surface area (Å²) >= 11 is 6.01. The summed E-state index contributed by atoms with van der Waals surface area (Å²) in [6.45, 7) is 0.465. The molecule has 2 aromatic rings. The first-order valence-corrected chi connectivity index (χ1v) is 7.01. The second kappa shape index (κ2) is 5.61. The lowest BCUT2D eigenvalue weighted by Gasteiger charge is -2.14. The zero-order valence-corrected chi connectivity index (χ0v) is 12.1. The molecule has 1 aromatic heterocycles. The highest BCUT2D eigenvalue weighted by atomic mass is 35.5. The van der Waals surface area contributed by atoms with Crippen LogP contribution in [0.4, 0.5) is 11.8 Å². The first-order valence-electron chi connectivity index (χ1n) is 6.63. The maximum absolute atomic E-state index is 6.01. The van der Waals surface area contributed by atoms with E-state index in [4.69, 9.17) is 27.8 Å².